The van der Waals surface area contributed by atoms with E-state index in [1.54, 1.807) is 11.1 Å². The minimum atomic E-state index is -4.41. The summed E-state index contributed by atoms with van der Waals surface area (Å²) in [6, 6.07) is 17.8. The van der Waals surface area contributed by atoms with Gasteiger partial charge < -0.3 is 10.2 Å². The molecule has 0 saturated heterocycles. The Hall–Kier alpha value is -3.35. The van der Waals surface area contributed by atoms with Gasteiger partial charge in [0.05, 0.1) is 11.3 Å². The summed E-state index contributed by atoms with van der Waals surface area (Å²) in [5, 5.41) is 2.95. The van der Waals surface area contributed by atoms with Crippen molar-refractivity contribution in [3.8, 4) is 0 Å². The zero-order chi connectivity index (χ0) is 21.8. The summed E-state index contributed by atoms with van der Waals surface area (Å²) in [6.45, 7) is 0.926. The number of alkyl halides is 3. The zero-order valence-corrected chi connectivity index (χ0v) is 16.8. The molecule has 0 saturated carbocycles. The first kappa shape index (κ1) is 20.9. The molecule has 2 aromatic carbocycles. The van der Waals surface area contributed by atoms with Crippen LogP contribution in [0, 0.1) is 0 Å². The first-order valence-electron chi connectivity index (χ1n) is 10.1. The number of carbonyl (C=O) groups is 1. The summed E-state index contributed by atoms with van der Waals surface area (Å²) in [6.07, 6.45) is -1.42. The quantitative estimate of drug-likeness (QED) is 0.639. The highest BCUT2D eigenvalue weighted by molar-refractivity contribution is 5.75. The molecule has 0 spiro atoms. The van der Waals surface area contributed by atoms with Gasteiger partial charge in [0.25, 0.3) is 0 Å². The first-order chi connectivity index (χ1) is 14.9. The molecule has 4 nitrogen and oxygen atoms in total. The predicted octanol–water partition coefficient (Wildman–Crippen LogP) is 5.00. The molecule has 160 valence electrons. The van der Waals surface area contributed by atoms with Crippen LogP contribution < -0.4 is 5.32 Å². The third kappa shape index (κ3) is 4.71. The maximum Gasteiger partial charge on any atom is 0.416 e. The van der Waals surface area contributed by atoms with Gasteiger partial charge in [-0.3, -0.25) is 4.98 Å². The van der Waals surface area contributed by atoms with Crippen LogP contribution in [-0.4, -0.2) is 29.0 Å². The third-order valence-corrected chi connectivity index (χ3v) is 5.47. The van der Waals surface area contributed by atoms with Gasteiger partial charge in [-0.05, 0) is 47.7 Å². The highest BCUT2D eigenvalue weighted by Gasteiger charge is 2.34. The highest BCUT2D eigenvalue weighted by Crippen LogP contribution is 2.36. The van der Waals surface area contributed by atoms with Crippen molar-refractivity contribution in [1.29, 1.82) is 0 Å². The van der Waals surface area contributed by atoms with E-state index >= 15 is 0 Å². The van der Waals surface area contributed by atoms with E-state index < -0.39 is 17.8 Å². The fourth-order valence-corrected chi connectivity index (χ4v) is 3.90. The van der Waals surface area contributed by atoms with Crippen LogP contribution in [0.2, 0.25) is 0 Å². The molecule has 2 amide bonds. The maximum absolute atomic E-state index is 13.0. The van der Waals surface area contributed by atoms with Crippen molar-refractivity contribution in [2.45, 2.75) is 25.1 Å². The molecule has 7 heteroatoms. The highest BCUT2D eigenvalue weighted by atomic mass is 19.4. The number of amides is 2. The second kappa shape index (κ2) is 8.79. The molecule has 0 fully saturated rings. The number of fused-ring (bicyclic) bond motifs is 1. The van der Waals surface area contributed by atoms with E-state index in [1.807, 2.05) is 42.5 Å². The number of carbonyl (C=O) groups excluding carboxylic acids is 1. The Morgan fingerprint density at radius 3 is 2.48 bits per heavy atom. The molecule has 4 rings (SSSR count). The summed E-state index contributed by atoms with van der Waals surface area (Å²) in [4.78, 5) is 19.1. The predicted molar refractivity (Wildman–Crippen MR) is 111 cm³/mol. The molecule has 3 aromatic rings. The molecule has 1 aliphatic rings. The molecule has 1 aromatic heterocycles. The van der Waals surface area contributed by atoms with Crippen molar-refractivity contribution in [2.24, 2.45) is 0 Å². The molecule has 1 atom stereocenters. The summed E-state index contributed by atoms with van der Waals surface area (Å²) >= 11 is 0. The average molecular weight is 425 g/mol. The van der Waals surface area contributed by atoms with Gasteiger partial charge in [0, 0.05) is 19.3 Å². The minimum absolute atomic E-state index is 0.253. The first-order valence-corrected chi connectivity index (χ1v) is 10.1. The molecule has 1 N–H and O–H groups in total. The molecule has 1 aliphatic heterocycles. The van der Waals surface area contributed by atoms with E-state index in [0.29, 0.717) is 37.2 Å². The van der Waals surface area contributed by atoms with Crippen molar-refractivity contribution in [1.82, 2.24) is 15.2 Å². The Morgan fingerprint density at radius 2 is 1.77 bits per heavy atom. The van der Waals surface area contributed by atoms with E-state index in [0.717, 1.165) is 23.3 Å². The van der Waals surface area contributed by atoms with Gasteiger partial charge in [-0.15, -0.1) is 0 Å². The van der Waals surface area contributed by atoms with Crippen molar-refractivity contribution >= 4 is 6.03 Å². The molecule has 0 bridgehead atoms. The fourth-order valence-electron chi connectivity index (χ4n) is 3.90. The third-order valence-electron chi connectivity index (χ3n) is 5.47. The van der Waals surface area contributed by atoms with Crippen molar-refractivity contribution in [3.63, 3.8) is 0 Å². The van der Waals surface area contributed by atoms with Gasteiger partial charge in [0.2, 0.25) is 0 Å². The normalized spacial score (nSPS) is 16.0. The Morgan fingerprint density at radius 1 is 1.03 bits per heavy atom. The minimum Gasteiger partial charge on any atom is -0.338 e. The number of rotatable bonds is 4. The molecular formula is C24H22F3N3O. The van der Waals surface area contributed by atoms with Crippen LogP contribution in [-0.2, 0) is 19.0 Å². The van der Waals surface area contributed by atoms with E-state index in [9.17, 15) is 18.0 Å². The van der Waals surface area contributed by atoms with E-state index in [-0.39, 0.29) is 6.03 Å². The Kier molecular flexibility index (Phi) is 5.93. The van der Waals surface area contributed by atoms with Crippen LogP contribution in [0.1, 0.15) is 34.0 Å². The van der Waals surface area contributed by atoms with Crippen LogP contribution >= 0.6 is 0 Å². The number of hydrogen-bond acceptors (Lipinski definition) is 2. The second-order valence-corrected chi connectivity index (χ2v) is 7.48. The van der Waals surface area contributed by atoms with Crippen LogP contribution in [0.25, 0.3) is 0 Å². The molecular weight excluding hydrogens is 403 g/mol. The lowest BCUT2D eigenvalue weighted by atomic mass is 9.92. The fraction of sp³-hybridized carbons (Fsp3) is 0.250. The molecule has 2 heterocycles. The van der Waals surface area contributed by atoms with E-state index in [2.05, 4.69) is 10.3 Å². The maximum atomic E-state index is 13.0. The zero-order valence-electron chi connectivity index (χ0n) is 16.8. The van der Waals surface area contributed by atoms with Gasteiger partial charge in [-0.2, -0.15) is 13.2 Å². The number of benzene rings is 2. The van der Waals surface area contributed by atoms with E-state index in [4.69, 9.17) is 0 Å². The van der Waals surface area contributed by atoms with Crippen molar-refractivity contribution in [2.75, 3.05) is 13.1 Å². The average Bonchev–Trinajstić information content (AvgIpc) is 2.78. The lowest BCUT2D eigenvalue weighted by Gasteiger charge is -2.36. The van der Waals surface area contributed by atoms with Crippen LogP contribution in [0.15, 0.2) is 72.9 Å². The molecule has 1 unspecified atom stereocenters. The van der Waals surface area contributed by atoms with Gasteiger partial charge in [-0.1, -0.05) is 48.5 Å². The number of aromatic nitrogens is 1. The smallest absolute Gasteiger partial charge is 0.338 e. The Labute approximate surface area is 178 Å². The van der Waals surface area contributed by atoms with Gasteiger partial charge in [0.15, 0.2) is 0 Å². The Bertz CT molecular complexity index is 1040. The van der Waals surface area contributed by atoms with Crippen molar-refractivity contribution in [3.05, 3.63) is 101 Å². The standard InChI is InChI=1S/C24H22F3N3O/c25-24(26,27)20-10-8-19(9-11-20)22-21-18(7-4-14-28-21)13-16-30(22)23(31)29-15-12-17-5-2-1-3-6-17/h1-11,14,22H,12-13,15-16H2,(H,29,31). The lowest BCUT2D eigenvalue weighted by Crippen LogP contribution is -2.46. The molecule has 31 heavy (non-hydrogen) atoms. The van der Waals surface area contributed by atoms with Gasteiger partial charge in [0.1, 0.15) is 6.04 Å². The topological polar surface area (TPSA) is 45.2 Å². The monoisotopic (exact) mass is 425 g/mol. The number of urea groups is 1. The van der Waals surface area contributed by atoms with Crippen molar-refractivity contribution < 1.29 is 18.0 Å². The number of halogens is 3. The van der Waals surface area contributed by atoms with Crippen LogP contribution in [0.4, 0.5) is 18.0 Å². The van der Waals surface area contributed by atoms with Crippen LogP contribution in [0.3, 0.4) is 0 Å². The SMILES string of the molecule is O=C(NCCc1ccccc1)N1CCc2cccnc2C1c1ccc(C(F)(F)F)cc1. The summed E-state index contributed by atoms with van der Waals surface area (Å²) < 4.78 is 39.0. The summed E-state index contributed by atoms with van der Waals surface area (Å²) in [7, 11) is 0. The number of pyridine rings is 1. The number of hydrogen-bond donors (Lipinski definition) is 1. The van der Waals surface area contributed by atoms with Crippen LogP contribution in [0.5, 0.6) is 0 Å². The lowest BCUT2D eigenvalue weighted by molar-refractivity contribution is -0.137. The molecule has 0 radical (unpaired) electrons. The summed E-state index contributed by atoms with van der Waals surface area (Å²) in [5.41, 5.74) is 2.71. The number of nitrogens with one attached hydrogen (secondary N) is 1. The van der Waals surface area contributed by atoms with Gasteiger partial charge in [-0.25, -0.2) is 4.79 Å². The number of nitrogens with zero attached hydrogens (tertiary/aromatic N) is 2. The molecule has 0 aliphatic carbocycles. The summed E-state index contributed by atoms with van der Waals surface area (Å²) in [5.74, 6) is 0. The Balaban J connectivity index is 1.56. The van der Waals surface area contributed by atoms with Gasteiger partial charge >= 0.3 is 12.2 Å². The van der Waals surface area contributed by atoms with E-state index in [1.165, 1.54) is 12.1 Å². The second-order valence-electron chi connectivity index (χ2n) is 7.48. The largest absolute Gasteiger partial charge is 0.416 e.